The summed E-state index contributed by atoms with van der Waals surface area (Å²) >= 11 is 0. The fraction of sp³-hybridized carbons (Fsp3) is 0.478. The van der Waals surface area contributed by atoms with Crippen LogP contribution in [-0.4, -0.2) is 36.2 Å². The number of rotatable bonds is 4. The van der Waals surface area contributed by atoms with E-state index >= 15 is 0 Å². The molecule has 1 aliphatic heterocycles. The van der Waals surface area contributed by atoms with E-state index in [1.807, 2.05) is 20.8 Å². The third-order valence-corrected chi connectivity index (χ3v) is 7.47. The maximum absolute atomic E-state index is 13.1. The lowest BCUT2D eigenvalue weighted by molar-refractivity contribution is -0.137. The molecule has 4 rings (SSSR count). The molecule has 10 heteroatoms. The summed E-state index contributed by atoms with van der Waals surface area (Å²) in [6.45, 7) is 8.30. The predicted octanol–water partition coefficient (Wildman–Crippen LogP) is 5.01. The van der Waals surface area contributed by atoms with Crippen LogP contribution in [0.5, 0.6) is 0 Å². The van der Waals surface area contributed by atoms with Crippen LogP contribution in [0.25, 0.3) is 11.0 Å². The molecule has 0 N–H and O–H groups in total. The Hall–Kier alpha value is -2.46. The van der Waals surface area contributed by atoms with Crippen molar-refractivity contribution in [2.24, 2.45) is 5.92 Å². The number of hydrogen-bond acceptors (Lipinski definition) is 5. The topological polar surface area (TPSA) is 74.1 Å². The van der Waals surface area contributed by atoms with Crippen LogP contribution in [0.15, 0.2) is 46.5 Å². The van der Waals surface area contributed by atoms with Crippen LogP contribution < -0.4 is 0 Å². The molecule has 1 saturated heterocycles. The van der Waals surface area contributed by atoms with Crippen LogP contribution in [-0.2, 0) is 32.7 Å². The van der Waals surface area contributed by atoms with Crippen molar-refractivity contribution in [3.05, 3.63) is 47.9 Å². The van der Waals surface area contributed by atoms with Gasteiger partial charge < -0.3 is 9.30 Å². The number of hydrogen-bond donors (Lipinski definition) is 0. The summed E-state index contributed by atoms with van der Waals surface area (Å²) in [6, 6.07) is 5.81. The van der Waals surface area contributed by atoms with Gasteiger partial charge >= 0.3 is 6.18 Å². The van der Waals surface area contributed by atoms with Crippen molar-refractivity contribution in [3.63, 3.8) is 0 Å². The molecule has 0 atom stereocenters. The van der Waals surface area contributed by atoms with Gasteiger partial charge in [-0.3, -0.25) is 0 Å². The van der Waals surface area contributed by atoms with Gasteiger partial charge in [-0.05, 0) is 49.1 Å². The van der Waals surface area contributed by atoms with E-state index in [1.165, 1.54) is 12.1 Å². The smallest absolute Gasteiger partial charge is 0.381 e. The number of ether oxygens (including phenoxy) is 1. The summed E-state index contributed by atoms with van der Waals surface area (Å²) < 4.78 is 73.0. The van der Waals surface area contributed by atoms with Crippen LogP contribution >= 0.6 is 0 Å². The van der Waals surface area contributed by atoms with Crippen molar-refractivity contribution < 1.29 is 26.3 Å². The first-order valence-corrected chi connectivity index (χ1v) is 12.2. The lowest BCUT2D eigenvalue weighted by atomic mass is 9.94. The van der Waals surface area contributed by atoms with E-state index in [1.54, 1.807) is 6.07 Å². The van der Waals surface area contributed by atoms with Gasteiger partial charge in [0.2, 0.25) is 9.84 Å². The fourth-order valence-electron chi connectivity index (χ4n) is 4.07. The highest BCUT2D eigenvalue weighted by atomic mass is 32.2. The molecule has 0 bridgehead atoms. The van der Waals surface area contributed by atoms with Gasteiger partial charge in [-0.2, -0.15) is 13.2 Å². The maximum atomic E-state index is 13.1. The van der Waals surface area contributed by atoms with Crippen molar-refractivity contribution in [1.82, 2.24) is 14.5 Å². The fourth-order valence-corrected chi connectivity index (χ4v) is 5.31. The van der Waals surface area contributed by atoms with E-state index in [0.717, 1.165) is 43.0 Å². The molecule has 33 heavy (non-hydrogen) atoms. The number of benzene rings is 1. The minimum absolute atomic E-state index is 0.141. The van der Waals surface area contributed by atoms with Crippen molar-refractivity contribution in [2.75, 3.05) is 13.2 Å². The number of aromatic nitrogens is 3. The zero-order valence-corrected chi connectivity index (χ0v) is 19.5. The number of imidazole rings is 1. The van der Waals surface area contributed by atoms with E-state index in [0.29, 0.717) is 30.7 Å². The molecule has 3 heterocycles. The lowest BCUT2D eigenvalue weighted by Gasteiger charge is -2.26. The molecule has 1 aliphatic rings. The molecule has 1 fully saturated rings. The first-order chi connectivity index (χ1) is 15.4. The first-order valence-electron chi connectivity index (χ1n) is 10.7. The van der Waals surface area contributed by atoms with Gasteiger partial charge in [0.05, 0.1) is 21.5 Å². The summed E-state index contributed by atoms with van der Waals surface area (Å²) in [5.41, 5.74) is -0.0680. The highest BCUT2D eigenvalue weighted by Gasteiger charge is 2.33. The Bertz CT molecular complexity index is 1270. The minimum atomic E-state index is -4.66. The third kappa shape index (κ3) is 4.77. The van der Waals surface area contributed by atoms with Crippen LogP contribution in [0.3, 0.4) is 0 Å². The van der Waals surface area contributed by atoms with Crippen molar-refractivity contribution in [2.45, 2.75) is 61.7 Å². The van der Waals surface area contributed by atoms with Crippen molar-refractivity contribution >= 4 is 20.9 Å². The largest absolute Gasteiger partial charge is 0.416 e. The number of halogens is 3. The minimum Gasteiger partial charge on any atom is -0.381 e. The van der Waals surface area contributed by atoms with Gasteiger partial charge in [-0.15, -0.1) is 0 Å². The molecular weight excluding hydrogens is 455 g/mol. The zero-order valence-electron chi connectivity index (χ0n) is 18.7. The molecule has 0 saturated carbocycles. The predicted molar refractivity (Wildman–Crippen MR) is 117 cm³/mol. The summed E-state index contributed by atoms with van der Waals surface area (Å²) in [4.78, 5) is 8.30. The molecule has 0 amide bonds. The number of nitrogens with zero attached hydrogens (tertiary/aromatic N) is 3. The Morgan fingerprint density at radius 3 is 2.42 bits per heavy atom. The maximum Gasteiger partial charge on any atom is 0.416 e. The quantitative estimate of drug-likeness (QED) is 0.524. The average Bonchev–Trinajstić information content (AvgIpc) is 3.12. The molecule has 6 nitrogen and oxygen atoms in total. The van der Waals surface area contributed by atoms with Gasteiger partial charge in [-0.25, -0.2) is 18.4 Å². The summed E-state index contributed by atoms with van der Waals surface area (Å²) in [5, 5.41) is -0.644. The number of alkyl halides is 3. The van der Waals surface area contributed by atoms with E-state index in [4.69, 9.17) is 9.72 Å². The molecule has 1 aromatic carbocycles. The van der Waals surface area contributed by atoms with Crippen LogP contribution in [0.2, 0.25) is 0 Å². The van der Waals surface area contributed by atoms with Gasteiger partial charge in [0, 0.05) is 31.4 Å². The lowest BCUT2D eigenvalue weighted by Crippen LogP contribution is -2.25. The second-order valence-corrected chi connectivity index (χ2v) is 11.3. The number of sulfone groups is 1. The number of pyridine rings is 1. The summed E-state index contributed by atoms with van der Waals surface area (Å²) in [7, 11) is -4.26. The molecule has 0 spiro atoms. The van der Waals surface area contributed by atoms with Crippen LogP contribution in [0.1, 0.15) is 45.0 Å². The second-order valence-electron chi connectivity index (χ2n) is 9.39. The first kappa shape index (κ1) is 23.7. The van der Waals surface area contributed by atoms with E-state index in [2.05, 4.69) is 9.55 Å². The molecule has 0 unspecified atom stereocenters. The molecule has 2 aromatic heterocycles. The molecular formula is C23H26F3N3O3S. The average molecular weight is 482 g/mol. The Morgan fingerprint density at radius 1 is 1.09 bits per heavy atom. The Kier molecular flexibility index (Phi) is 6.03. The standard InChI is InChI=1S/C23H26F3N3O3S/c1-22(2,3)21-28-18-13-17(4-5-19(18)29(21)14-15-7-10-32-11-8-15)33(30,31)20-12-16(6-9-27-20)23(24,25)26/h4-6,9,12-13,15H,7-8,10-11,14H2,1-3H3. The van der Waals surface area contributed by atoms with Crippen molar-refractivity contribution in [3.8, 4) is 0 Å². The Morgan fingerprint density at radius 2 is 1.79 bits per heavy atom. The highest BCUT2D eigenvalue weighted by molar-refractivity contribution is 7.91. The summed E-state index contributed by atoms with van der Waals surface area (Å²) in [6.07, 6.45) is -1.93. The molecule has 0 aliphatic carbocycles. The second kappa shape index (κ2) is 8.39. The molecule has 3 aromatic rings. The van der Waals surface area contributed by atoms with E-state index in [9.17, 15) is 21.6 Å². The molecule has 0 radical (unpaired) electrons. The van der Waals surface area contributed by atoms with E-state index in [-0.39, 0.29) is 10.3 Å². The Labute approximate surface area is 190 Å². The third-order valence-electron chi connectivity index (χ3n) is 5.82. The highest BCUT2D eigenvalue weighted by Crippen LogP contribution is 2.33. The zero-order chi connectivity index (χ0) is 24.0. The van der Waals surface area contributed by atoms with Crippen LogP contribution in [0, 0.1) is 5.92 Å². The van der Waals surface area contributed by atoms with Crippen molar-refractivity contribution in [1.29, 1.82) is 0 Å². The normalized spacial score (nSPS) is 16.4. The van der Waals surface area contributed by atoms with E-state index < -0.39 is 26.6 Å². The SMILES string of the molecule is CC(C)(C)c1nc2cc(S(=O)(=O)c3cc(C(F)(F)F)ccn3)ccc2n1CC1CCOCC1. The van der Waals surface area contributed by atoms with Gasteiger partial charge in [-0.1, -0.05) is 20.8 Å². The molecule has 178 valence electrons. The van der Waals surface area contributed by atoms with Gasteiger partial charge in [0.15, 0.2) is 5.03 Å². The monoisotopic (exact) mass is 481 g/mol. The summed E-state index contributed by atoms with van der Waals surface area (Å²) in [5.74, 6) is 1.26. The van der Waals surface area contributed by atoms with Gasteiger partial charge in [0.1, 0.15) is 5.82 Å². The number of fused-ring (bicyclic) bond motifs is 1. The van der Waals surface area contributed by atoms with Gasteiger partial charge in [0.25, 0.3) is 0 Å². The van der Waals surface area contributed by atoms with Crippen LogP contribution in [0.4, 0.5) is 13.2 Å². The Balaban J connectivity index is 1.78.